The van der Waals surface area contributed by atoms with Crippen LogP contribution in [0.4, 0.5) is 0 Å². The molecule has 0 spiro atoms. The van der Waals surface area contributed by atoms with Crippen LogP contribution in [0.15, 0.2) is 18.2 Å². The number of methoxy groups -OCH3 is 2. The Balaban J connectivity index is 2.16. The standard InChI is InChI=1S/C16H22N2O2/c1-19-13-8-9-14(16(10-13)20-2)15(11-17)18-12-6-4-3-5-7-12/h8-10,12,15,18H,3-7H2,1-2H3. The van der Waals surface area contributed by atoms with Crippen molar-refractivity contribution >= 4 is 0 Å². The molecular weight excluding hydrogens is 252 g/mol. The minimum atomic E-state index is -0.334. The van der Waals surface area contributed by atoms with Crippen molar-refractivity contribution < 1.29 is 9.47 Å². The maximum atomic E-state index is 9.46. The van der Waals surface area contributed by atoms with Gasteiger partial charge in [-0.25, -0.2) is 0 Å². The highest BCUT2D eigenvalue weighted by molar-refractivity contribution is 5.44. The number of hydrogen-bond acceptors (Lipinski definition) is 4. The van der Waals surface area contributed by atoms with Crippen LogP contribution in [-0.4, -0.2) is 20.3 Å². The van der Waals surface area contributed by atoms with Crippen LogP contribution in [0.1, 0.15) is 43.7 Å². The Morgan fingerprint density at radius 2 is 1.95 bits per heavy atom. The van der Waals surface area contributed by atoms with Crippen LogP contribution in [0, 0.1) is 11.3 Å². The molecule has 1 aromatic carbocycles. The zero-order valence-corrected chi connectivity index (χ0v) is 12.2. The van der Waals surface area contributed by atoms with E-state index in [4.69, 9.17) is 9.47 Å². The fourth-order valence-corrected chi connectivity index (χ4v) is 2.76. The Hall–Kier alpha value is -1.73. The Kier molecular flexibility index (Phi) is 5.25. The van der Waals surface area contributed by atoms with E-state index >= 15 is 0 Å². The Bertz CT molecular complexity index is 476. The van der Waals surface area contributed by atoms with E-state index in [0.29, 0.717) is 11.8 Å². The predicted molar refractivity (Wildman–Crippen MR) is 77.9 cm³/mol. The molecule has 1 fully saturated rings. The van der Waals surface area contributed by atoms with Crippen molar-refractivity contribution in [2.45, 2.75) is 44.2 Å². The highest BCUT2D eigenvalue weighted by Crippen LogP contribution is 2.30. The first kappa shape index (κ1) is 14.7. The van der Waals surface area contributed by atoms with Gasteiger partial charge < -0.3 is 9.47 Å². The van der Waals surface area contributed by atoms with Gasteiger partial charge in [0.1, 0.15) is 17.5 Å². The van der Waals surface area contributed by atoms with E-state index in [9.17, 15) is 5.26 Å². The number of benzene rings is 1. The van der Waals surface area contributed by atoms with Gasteiger partial charge in [-0.2, -0.15) is 5.26 Å². The zero-order chi connectivity index (χ0) is 14.4. The molecule has 1 aromatic rings. The third-order valence-electron chi connectivity index (χ3n) is 3.89. The fraction of sp³-hybridized carbons (Fsp3) is 0.562. The summed E-state index contributed by atoms with van der Waals surface area (Å²) >= 11 is 0. The molecule has 0 bridgehead atoms. The van der Waals surface area contributed by atoms with Crippen LogP contribution in [0.5, 0.6) is 11.5 Å². The molecular formula is C16H22N2O2. The van der Waals surface area contributed by atoms with Crippen molar-refractivity contribution in [2.75, 3.05) is 14.2 Å². The van der Waals surface area contributed by atoms with Gasteiger partial charge >= 0.3 is 0 Å². The molecule has 4 nitrogen and oxygen atoms in total. The van der Waals surface area contributed by atoms with Gasteiger partial charge in [0.05, 0.1) is 20.3 Å². The van der Waals surface area contributed by atoms with Gasteiger partial charge in [-0.1, -0.05) is 19.3 Å². The minimum absolute atomic E-state index is 0.334. The molecule has 20 heavy (non-hydrogen) atoms. The number of nitriles is 1. The lowest BCUT2D eigenvalue weighted by Crippen LogP contribution is -2.34. The highest BCUT2D eigenvalue weighted by Gasteiger charge is 2.21. The van der Waals surface area contributed by atoms with Gasteiger partial charge in [0, 0.05) is 17.7 Å². The van der Waals surface area contributed by atoms with Crippen LogP contribution in [-0.2, 0) is 0 Å². The van der Waals surface area contributed by atoms with Gasteiger partial charge in [0.15, 0.2) is 0 Å². The fourth-order valence-electron chi connectivity index (χ4n) is 2.76. The Labute approximate surface area is 120 Å². The molecule has 1 aliphatic carbocycles. The largest absolute Gasteiger partial charge is 0.497 e. The number of hydrogen-bond donors (Lipinski definition) is 1. The third-order valence-corrected chi connectivity index (χ3v) is 3.89. The van der Waals surface area contributed by atoms with E-state index in [1.165, 1.54) is 19.3 Å². The van der Waals surface area contributed by atoms with Crippen molar-refractivity contribution in [2.24, 2.45) is 0 Å². The van der Waals surface area contributed by atoms with Gasteiger partial charge in [0.2, 0.25) is 0 Å². The van der Waals surface area contributed by atoms with Crippen molar-refractivity contribution in [3.8, 4) is 17.6 Å². The van der Waals surface area contributed by atoms with E-state index < -0.39 is 0 Å². The first-order valence-electron chi connectivity index (χ1n) is 7.16. The van der Waals surface area contributed by atoms with E-state index in [1.54, 1.807) is 14.2 Å². The van der Waals surface area contributed by atoms with Crippen molar-refractivity contribution in [1.82, 2.24) is 5.32 Å². The average molecular weight is 274 g/mol. The Morgan fingerprint density at radius 3 is 2.55 bits per heavy atom. The van der Waals surface area contributed by atoms with Crippen LogP contribution < -0.4 is 14.8 Å². The molecule has 1 atom stereocenters. The topological polar surface area (TPSA) is 54.3 Å². The molecule has 0 aliphatic heterocycles. The monoisotopic (exact) mass is 274 g/mol. The molecule has 0 radical (unpaired) electrons. The molecule has 1 N–H and O–H groups in total. The lowest BCUT2D eigenvalue weighted by molar-refractivity contribution is 0.351. The summed E-state index contributed by atoms with van der Waals surface area (Å²) < 4.78 is 10.6. The number of nitrogens with zero attached hydrogens (tertiary/aromatic N) is 1. The zero-order valence-electron chi connectivity index (χ0n) is 12.2. The van der Waals surface area contributed by atoms with Gasteiger partial charge in [-0.15, -0.1) is 0 Å². The molecule has 1 unspecified atom stereocenters. The van der Waals surface area contributed by atoms with Gasteiger partial charge in [-0.3, -0.25) is 5.32 Å². The summed E-state index contributed by atoms with van der Waals surface area (Å²) in [6.45, 7) is 0. The first-order chi connectivity index (χ1) is 9.78. The maximum Gasteiger partial charge on any atom is 0.128 e. The van der Waals surface area contributed by atoms with Gasteiger partial charge in [-0.05, 0) is 25.0 Å². The summed E-state index contributed by atoms with van der Waals surface area (Å²) in [5.74, 6) is 1.43. The molecule has 0 amide bonds. The van der Waals surface area contributed by atoms with E-state index in [0.717, 1.165) is 24.2 Å². The summed E-state index contributed by atoms with van der Waals surface area (Å²) in [6, 6.07) is 8.03. The average Bonchev–Trinajstić information content (AvgIpc) is 2.53. The normalized spacial score (nSPS) is 17.2. The van der Waals surface area contributed by atoms with E-state index in [-0.39, 0.29) is 6.04 Å². The number of ether oxygens (including phenoxy) is 2. The molecule has 0 heterocycles. The Morgan fingerprint density at radius 1 is 1.20 bits per heavy atom. The minimum Gasteiger partial charge on any atom is -0.497 e. The van der Waals surface area contributed by atoms with Crippen LogP contribution in [0.3, 0.4) is 0 Å². The summed E-state index contributed by atoms with van der Waals surface area (Å²) in [4.78, 5) is 0. The smallest absolute Gasteiger partial charge is 0.128 e. The molecule has 1 aliphatic rings. The van der Waals surface area contributed by atoms with Crippen molar-refractivity contribution in [1.29, 1.82) is 5.26 Å². The number of rotatable bonds is 5. The summed E-state index contributed by atoms with van der Waals surface area (Å²) in [5, 5.41) is 12.9. The SMILES string of the molecule is COc1ccc(C(C#N)NC2CCCCC2)c(OC)c1. The summed E-state index contributed by atoms with van der Waals surface area (Å²) in [7, 11) is 3.24. The third kappa shape index (κ3) is 3.43. The van der Waals surface area contributed by atoms with Gasteiger partial charge in [0.25, 0.3) is 0 Å². The lowest BCUT2D eigenvalue weighted by Gasteiger charge is -2.26. The second-order valence-corrected chi connectivity index (χ2v) is 5.17. The van der Waals surface area contributed by atoms with Crippen LogP contribution in [0.2, 0.25) is 0 Å². The lowest BCUT2D eigenvalue weighted by atomic mass is 9.94. The summed E-state index contributed by atoms with van der Waals surface area (Å²) in [6.07, 6.45) is 6.10. The highest BCUT2D eigenvalue weighted by atomic mass is 16.5. The molecule has 1 saturated carbocycles. The van der Waals surface area contributed by atoms with Crippen molar-refractivity contribution in [3.05, 3.63) is 23.8 Å². The maximum absolute atomic E-state index is 9.46. The van der Waals surface area contributed by atoms with Crippen LogP contribution in [0.25, 0.3) is 0 Å². The molecule has 108 valence electrons. The van der Waals surface area contributed by atoms with E-state index in [1.807, 2.05) is 18.2 Å². The molecule has 0 aromatic heterocycles. The van der Waals surface area contributed by atoms with Crippen molar-refractivity contribution in [3.63, 3.8) is 0 Å². The first-order valence-corrected chi connectivity index (χ1v) is 7.16. The quantitative estimate of drug-likeness (QED) is 0.896. The number of nitrogens with one attached hydrogen (secondary N) is 1. The summed E-state index contributed by atoms with van der Waals surface area (Å²) in [5.41, 5.74) is 0.876. The molecule has 0 saturated heterocycles. The van der Waals surface area contributed by atoms with Crippen LogP contribution >= 0.6 is 0 Å². The second kappa shape index (κ2) is 7.16. The second-order valence-electron chi connectivity index (χ2n) is 5.17. The predicted octanol–water partition coefficient (Wildman–Crippen LogP) is 3.19. The molecule has 2 rings (SSSR count). The molecule has 4 heteroatoms. The van der Waals surface area contributed by atoms with E-state index in [2.05, 4.69) is 11.4 Å².